The van der Waals surface area contributed by atoms with E-state index in [9.17, 15) is 4.79 Å². The second kappa shape index (κ2) is 5.24. The van der Waals surface area contributed by atoms with Gasteiger partial charge < -0.3 is 16.2 Å². The Hall–Kier alpha value is -1.55. The van der Waals surface area contributed by atoms with E-state index >= 15 is 0 Å². The molecule has 0 atom stereocenters. The Morgan fingerprint density at radius 2 is 2.21 bits per heavy atom. The first-order chi connectivity index (χ1) is 6.72. The van der Waals surface area contributed by atoms with Crippen LogP contribution in [0.2, 0.25) is 0 Å². The van der Waals surface area contributed by atoms with Gasteiger partial charge in [-0.05, 0) is 17.7 Å². The van der Waals surface area contributed by atoms with Gasteiger partial charge in [0.15, 0.2) is 0 Å². The van der Waals surface area contributed by atoms with Gasteiger partial charge in [-0.1, -0.05) is 12.1 Å². The van der Waals surface area contributed by atoms with Gasteiger partial charge in [0.05, 0.1) is 6.42 Å². The molecule has 0 saturated heterocycles. The third kappa shape index (κ3) is 3.45. The number of amides is 1. The van der Waals surface area contributed by atoms with Gasteiger partial charge in [-0.2, -0.15) is 0 Å². The molecular formula is C10H14N2O2. The van der Waals surface area contributed by atoms with Gasteiger partial charge in [0.1, 0.15) is 12.4 Å². The lowest BCUT2D eigenvalue weighted by Crippen LogP contribution is -2.14. The number of carbonyl (C=O) groups excluding carboxylic acids is 1. The standard InChI is InChI=1S/C10H14N2O2/c11-4-5-14-9-3-1-2-8(6-9)7-10(12)13/h1-3,6H,4-5,7,11H2,(H2,12,13). The van der Waals surface area contributed by atoms with Crippen LogP contribution in [0.4, 0.5) is 0 Å². The van der Waals surface area contributed by atoms with Crippen LogP contribution in [0.3, 0.4) is 0 Å². The first-order valence-electron chi connectivity index (χ1n) is 4.42. The number of carbonyl (C=O) groups is 1. The zero-order valence-electron chi connectivity index (χ0n) is 7.90. The number of rotatable bonds is 5. The third-order valence-corrected chi connectivity index (χ3v) is 1.66. The van der Waals surface area contributed by atoms with Crippen molar-refractivity contribution in [2.45, 2.75) is 6.42 Å². The Kier molecular flexibility index (Phi) is 3.94. The molecule has 1 aromatic rings. The van der Waals surface area contributed by atoms with Crippen molar-refractivity contribution in [3.05, 3.63) is 29.8 Å². The molecule has 76 valence electrons. The third-order valence-electron chi connectivity index (χ3n) is 1.66. The van der Waals surface area contributed by atoms with Crippen LogP contribution in [0, 0.1) is 0 Å². The summed E-state index contributed by atoms with van der Waals surface area (Å²) in [5.74, 6) is 0.371. The van der Waals surface area contributed by atoms with Gasteiger partial charge in [0, 0.05) is 6.54 Å². The van der Waals surface area contributed by atoms with Crippen molar-refractivity contribution in [2.75, 3.05) is 13.2 Å². The molecule has 4 nitrogen and oxygen atoms in total. The molecule has 4 heteroatoms. The lowest BCUT2D eigenvalue weighted by atomic mass is 10.1. The van der Waals surface area contributed by atoms with E-state index in [0.717, 1.165) is 5.56 Å². The zero-order valence-corrected chi connectivity index (χ0v) is 7.90. The Morgan fingerprint density at radius 1 is 1.43 bits per heavy atom. The summed E-state index contributed by atoms with van der Waals surface area (Å²) >= 11 is 0. The van der Waals surface area contributed by atoms with Crippen molar-refractivity contribution in [1.29, 1.82) is 0 Å². The van der Waals surface area contributed by atoms with Crippen molar-refractivity contribution in [2.24, 2.45) is 11.5 Å². The number of ether oxygens (including phenoxy) is 1. The molecule has 0 radical (unpaired) electrons. The number of benzene rings is 1. The molecule has 1 rings (SSSR count). The van der Waals surface area contributed by atoms with Crippen molar-refractivity contribution in [3.8, 4) is 5.75 Å². The minimum atomic E-state index is -0.346. The Balaban J connectivity index is 2.63. The molecule has 0 aliphatic carbocycles. The maximum absolute atomic E-state index is 10.7. The lowest BCUT2D eigenvalue weighted by molar-refractivity contribution is -0.117. The predicted molar refractivity (Wildman–Crippen MR) is 53.9 cm³/mol. The maximum Gasteiger partial charge on any atom is 0.221 e. The molecule has 14 heavy (non-hydrogen) atoms. The molecular weight excluding hydrogens is 180 g/mol. The Morgan fingerprint density at radius 3 is 2.86 bits per heavy atom. The van der Waals surface area contributed by atoms with Gasteiger partial charge in [0.25, 0.3) is 0 Å². The summed E-state index contributed by atoms with van der Waals surface area (Å²) in [5.41, 5.74) is 11.2. The fourth-order valence-electron chi connectivity index (χ4n) is 1.12. The normalized spacial score (nSPS) is 9.79. The first kappa shape index (κ1) is 10.5. The summed E-state index contributed by atoms with van der Waals surface area (Å²) in [6, 6.07) is 7.27. The molecule has 0 spiro atoms. The van der Waals surface area contributed by atoms with E-state index in [1.165, 1.54) is 0 Å². The van der Waals surface area contributed by atoms with E-state index in [1.54, 1.807) is 6.07 Å². The van der Waals surface area contributed by atoms with Gasteiger partial charge in [-0.25, -0.2) is 0 Å². The number of nitrogens with two attached hydrogens (primary N) is 2. The second-order valence-corrected chi connectivity index (χ2v) is 2.93. The minimum absolute atomic E-state index is 0.236. The number of hydrogen-bond acceptors (Lipinski definition) is 3. The van der Waals surface area contributed by atoms with Gasteiger partial charge >= 0.3 is 0 Å². The summed E-state index contributed by atoms with van der Waals surface area (Å²) in [6.07, 6.45) is 0.236. The average molecular weight is 194 g/mol. The van der Waals surface area contributed by atoms with Crippen LogP contribution in [0.15, 0.2) is 24.3 Å². The van der Waals surface area contributed by atoms with Crippen LogP contribution < -0.4 is 16.2 Å². The van der Waals surface area contributed by atoms with E-state index < -0.39 is 0 Å². The minimum Gasteiger partial charge on any atom is -0.492 e. The first-order valence-corrected chi connectivity index (χ1v) is 4.42. The Labute approximate surface area is 82.8 Å². The van der Waals surface area contributed by atoms with Crippen LogP contribution in [0.5, 0.6) is 5.75 Å². The second-order valence-electron chi connectivity index (χ2n) is 2.93. The van der Waals surface area contributed by atoms with Crippen molar-refractivity contribution in [1.82, 2.24) is 0 Å². The molecule has 0 fully saturated rings. The summed E-state index contributed by atoms with van der Waals surface area (Å²) in [4.78, 5) is 10.7. The summed E-state index contributed by atoms with van der Waals surface area (Å²) in [7, 11) is 0. The quantitative estimate of drug-likeness (QED) is 0.695. The zero-order chi connectivity index (χ0) is 10.4. The summed E-state index contributed by atoms with van der Waals surface area (Å²) in [5, 5.41) is 0. The van der Waals surface area contributed by atoms with Crippen LogP contribution in [-0.4, -0.2) is 19.1 Å². The molecule has 0 aliphatic heterocycles. The summed E-state index contributed by atoms with van der Waals surface area (Å²) < 4.78 is 5.30. The van der Waals surface area contributed by atoms with Gasteiger partial charge in [-0.3, -0.25) is 4.79 Å². The Bertz CT molecular complexity index is 313. The largest absolute Gasteiger partial charge is 0.492 e. The van der Waals surface area contributed by atoms with Crippen LogP contribution in [0.1, 0.15) is 5.56 Å². The van der Waals surface area contributed by atoms with Crippen LogP contribution >= 0.6 is 0 Å². The van der Waals surface area contributed by atoms with E-state index in [4.69, 9.17) is 16.2 Å². The van der Waals surface area contributed by atoms with E-state index in [0.29, 0.717) is 18.9 Å². The SMILES string of the molecule is NCCOc1cccc(CC(N)=O)c1. The molecule has 0 aromatic heterocycles. The topological polar surface area (TPSA) is 78.3 Å². The highest BCUT2D eigenvalue weighted by molar-refractivity contribution is 5.76. The maximum atomic E-state index is 10.7. The highest BCUT2D eigenvalue weighted by atomic mass is 16.5. The summed E-state index contributed by atoms with van der Waals surface area (Å²) in [6.45, 7) is 0.945. The van der Waals surface area contributed by atoms with Crippen molar-refractivity contribution in [3.63, 3.8) is 0 Å². The molecule has 1 aromatic carbocycles. The van der Waals surface area contributed by atoms with E-state index in [1.807, 2.05) is 18.2 Å². The molecule has 4 N–H and O–H groups in total. The van der Waals surface area contributed by atoms with Crippen molar-refractivity contribution < 1.29 is 9.53 Å². The van der Waals surface area contributed by atoms with E-state index in [2.05, 4.69) is 0 Å². The molecule has 1 amide bonds. The van der Waals surface area contributed by atoms with Crippen LogP contribution in [0.25, 0.3) is 0 Å². The highest BCUT2D eigenvalue weighted by Crippen LogP contribution is 2.13. The molecule has 0 unspecified atom stereocenters. The fraction of sp³-hybridized carbons (Fsp3) is 0.300. The van der Waals surface area contributed by atoms with Gasteiger partial charge in [0.2, 0.25) is 5.91 Å². The predicted octanol–water partition coefficient (Wildman–Crippen LogP) is 0.0519. The molecule has 0 bridgehead atoms. The monoisotopic (exact) mass is 194 g/mol. The highest BCUT2D eigenvalue weighted by Gasteiger charge is 1.99. The molecule has 0 heterocycles. The number of hydrogen-bond donors (Lipinski definition) is 2. The molecule has 0 aliphatic rings. The average Bonchev–Trinajstić information content (AvgIpc) is 2.14. The van der Waals surface area contributed by atoms with E-state index in [-0.39, 0.29) is 12.3 Å². The van der Waals surface area contributed by atoms with Crippen LogP contribution in [-0.2, 0) is 11.2 Å². The lowest BCUT2D eigenvalue weighted by Gasteiger charge is -2.05. The molecule has 0 saturated carbocycles. The smallest absolute Gasteiger partial charge is 0.221 e. The fourth-order valence-corrected chi connectivity index (χ4v) is 1.12. The van der Waals surface area contributed by atoms with Crippen molar-refractivity contribution >= 4 is 5.91 Å². The van der Waals surface area contributed by atoms with Gasteiger partial charge in [-0.15, -0.1) is 0 Å². The number of primary amides is 1.